The summed E-state index contributed by atoms with van der Waals surface area (Å²) in [5.74, 6) is 0.854. The zero-order valence-electron chi connectivity index (χ0n) is 11.3. The Morgan fingerprint density at radius 1 is 1.14 bits per heavy atom. The maximum atomic E-state index is 6.42. The van der Waals surface area contributed by atoms with Gasteiger partial charge in [-0.3, -0.25) is 4.98 Å². The summed E-state index contributed by atoms with van der Waals surface area (Å²) in [6.07, 6.45) is 7.43. The van der Waals surface area contributed by atoms with Gasteiger partial charge >= 0.3 is 0 Å². The Balaban J connectivity index is 1.85. The second kappa shape index (κ2) is 5.04. The minimum absolute atomic E-state index is 0.162. The van der Waals surface area contributed by atoms with Gasteiger partial charge in [0.1, 0.15) is 0 Å². The highest BCUT2D eigenvalue weighted by Gasteiger charge is 2.39. The van der Waals surface area contributed by atoms with Crippen LogP contribution in [0.3, 0.4) is 0 Å². The quantitative estimate of drug-likeness (QED) is 0.730. The van der Waals surface area contributed by atoms with Crippen LogP contribution in [0.1, 0.15) is 29.6 Å². The second-order valence-electron chi connectivity index (χ2n) is 5.56. The van der Waals surface area contributed by atoms with Crippen molar-refractivity contribution in [1.29, 1.82) is 0 Å². The molecule has 0 radical (unpaired) electrons. The zero-order valence-corrected chi connectivity index (χ0v) is 12.8. The molecule has 106 valence electrons. The molecule has 3 atom stereocenters. The van der Waals surface area contributed by atoms with Gasteiger partial charge in [-0.1, -0.05) is 47.5 Å². The molecule has 21 heavy (non-hydrogen) atoms. The third-order valence-electron chi connectivity index (χ3n) is 4.43. The molecule has 0 amide bonds. The van der Waals surface area contributed by atoms with Crippen molar-refractivity contribution in [2.45, 2.75) is 18.4 Å². The van der Waals surface area contributed by atoms with E-state index < -0.39 is 0 Å². The molecule has 1 aliphatic heterocycles. The lowest BCUT2D eigenvalue weighted by molar-refractivity contribution is 0.419. The average Bonchev–Trinajstić information content (AvgIpc) is 3.00. The van der Waals surface area contributed by atoms with E-state index in [1.807, 2.05) is 24.4 Å². The molecule has 0 unspecified atom stereocenters. The van der Waals surface area contributed by atoms with Crippen LogP contribution in [-0.4, -0.2) is 4.98 Å². The molecule has 4 rings (SSSR count). The standard InChI is InChI=1S/C17H14Cl2N2/c18-13-8-7-12-10-4-3-5-11(10)16(21-17(12)15(13)19)14-6-1-2-9-20-14/h1-4,6-11,16,21H,5H2/t10-,11+,16+/m0/s1. The minimum atomic E-state index is 0.162. The number of hydrogen-bond donors (Lipinski definition) is 1. The van der Waals surface area contributed by atoms with E-state index in [9.17, 15) is 0 Å². The van der Waals surface area contributed by atoms with Crippen LogP contribution in [0, 0.1) is 5.92 Å². The first-order chi connectivity index (χ1) is 10.3. The number of halogens is 2. The van der Waals surface area contributed by atoms with Crippen LogP contribution in [0.15, 0.2) is 48.7 Å². The number of benzene rings is 1. The van der Waals surface area contributed by atoms with E-state index >= 15 is 0 Å². The second-order valence-corrected chi connectivity index (χ2v) is 6.34. The predicted octanol–water partition coefficient (Wildman–Crippen LogP) is 5.21. The lowest BCUT2D eigenvalue weighted by Gasteiger charge is -2.37. The highest BCUT2D eigenvalue weighted by molar-refractivity contribution is 6.43. The molecule has 4 heteroatoms. The van der Waals surface area contributed by atoms with Gasteiger partial charge in [0.15, 0.2) is 0 Å². The molecule has 0 bridgehead atoms. The average molecular weight is 317 g/mol. The largest absolute Gasteiger partial charge is 0.375 e. The van der Waals surface area contributed by atoms with Crippen LogP contribution in [0.4, 0.5) is 5.69 Å². The maximum absolute atomic E-state index is 6.42. The van der Waals surface area contributed by atoms with Gasteiger partial charge in [0.05, 0.1) is 27.5 Å². The van der Waals surface area contributed by atoms with E-state index in [4.69, 9.17) is 23.2 Å². The molecule has 2 aromatic rings. The molecule has 0 spiro atoms. The molecule has 1 aromatic carbocycles. The van der Waals surface area contributed by atoms with Crippen LogP contribution in [-0.2, 0) is 0 Å². The molecule has 0 saturated carbocycles. The fourth-order valence-corrected chi connectivity index (χ4v) is 3.84. The van der Waals surface area contributed by atoms with Crippen LogP contribution in [0.2, 0.25) is 10.0 Å². The number of rotatable bonds is 1. The van der Waals surface area contributed by atoms with Crippen molar-refractivity contribution in [2.24, 2.45) is 5.92 Å². The fourth-order valence-electron chi connectivity index (χ4n) is 3.46. The Morgan fingerprint density at radius 3 is 2.86 bits per heavy atom. The summed E-state index contributed by atoms with van der Waals surface area (Å²) < 4.78 is 0. The first kappa shape index (κ1) is 13.2. The van der Waals surface area contributed by atoms with Gasteiger partial charge in [0.2, 0.25) is 0 Å². The Bertz CT molecular complexity index is 712. The third kappa shape index (κ3) is 2.05. The highest BCUT2D eigenvalue weighted by Crippen LogP contribution is 2.52. The molecule has 2 heterocycles. The maximum Gasteiger partial charge on any atom is 0.0826 e. The normalized spacial score (nSPS) is 26.1. The van der Waals surface area contributed by atoms with Gasteiger partial charge in [0, 0.05) is 12.1 Å². The molecule has 1 aliphatic carbocycles. The van der Waals surface area contributed by atoms with Crippen LogP contribution in [0.25, 0.3) is 0 Å². The molecular formula is C17H14Cl2N2. The van der Waals surface area contributed by atoms with E-state index in [1.165, 1.54) is 5.56 Å². The van der Waals surface area contributed by atoms with Gasteiger partial charge < -0.3 is 5.32 Å². The zero-order chi connectivity index (χ0) is 14.4. The van der Waals surface area contributed by atoms with Gasteiger partial charge in [0.25, 0.3) is 0 Å². The van der Waals surface area contributed by atoms with E-state index in [2.05, 4.69) is 34.6 Å². The summed E-state index contributed by atoms with van der Waals surface area (Å²) in [5.41, 5.74) is 3.24. The van der Waals surface area contributed by atoms with Crippen molar-refractivity contribution in [3.63, 3.8) is 0 Å². The highest BCUT2D eigenvalue weighted by atomic mass is 35.5. The molecular weight excluding hydrogens is 303 g/mol. The molecule has 0 fully saturated rings. The van der Waals surface area contributed by atoms with Gasteiger partial charge in [-0.15, -0.1) is 0 Å². The minimum Gasteiger partial charge on any atom is -0.375 e. The smallest absolute Gasteiger partial charge is 0.0826 e. The van der Waals surface area contributed by atoms with Gasteiger partial charge in [-0.25, -0.2) is 0 Å². The van der Waals surface area contributed by atoms with Crippen molar-refractivity contribution >= 4 is 28.9 Å². The van der Waals surface area contributed by atoms with Crippen molar-refractivity contribution in [2.75, 3.05) is 5.32 Å². The Kier molecular flexibility index (Phi) is 3.16. The first-order valence-electron chi connectivity index (χ1n) is 7.07. The lowest BCUT2D eigenvalue weighted by Crippen LogP contribution is -2.29. The summed E-state index contributed by atoms with van der Waals surface area (Å²) >= 11 is 12.6. The Hall–Kier alpha value is -1.51. The number of nitrogens with zero attached hydrogens (tertiary/aromatic N) is 1. The summed E-state index contributed by atoms with van der Waals surface area (Å²) in [7, 11) is 0. The molecule has 1 N–H and O–H groups in total. The molecule has 0 saturated heterocycles. The van der Waals surface area contributed by atoms with Gasteiger partial charge in [-0.2, -0.15) is 0 Å². The monoisotopic (exact) mass is 316 g/mol. The van der Waals surface area contributed by atoms with Crippen molar-refractivity contribution in [1.82, 2.24) is 4.98 Å². The van der Waals surface area contributed by atoms with E-state index in [0.29, 0.717) is 21.9 Å². The molecule has 1 aromatic heterocycles. The van der Waals surface area contributed by atoms with Crippen LogP contribution < -0.4 is 5.32 Å². The van der Waals surface area contributed by atoms with Crippen molar-refractivity contribution in [3.05, 3.63) is 70.0 Å². The summed E-state index contributed by atoms with van der Waals surface area (Å²) in [5, 5.41) is 4.77. The Morgan fingerprint density at radius 2 is 2.05 bits per heavy atom. The van der Waals surface area contributed by atoms with Crippen LogP contribution in [0.5, 0.6) is 0 Å². The number of aromatic nitrogens is 1. The number of allylic oxidation sites excluding steroid dienone is 2. The summed E-state index contributed by atoms with van der Waals surface area (Å²) in [4.78, 5) is 4.52. The Labute approximate surface area is 133 Å². The fraction of sp³-hybridized carbons (Fsp3) is 0.235. The van der Waals surface area contributed by atoms with Crippen LogP contribution >= 0.6 is 23.2 Å². The van der Waals surface area contributed by atoms with Crippen molar-refractivity contribution < 1.29 is 0 Å². The van der Waals surface area contributed by atoms with Gasteiger partial charge in [-0.05, 0) is 36.1 Å². The van der Waals surface area contributed by atoms with E-state index in [0.717, 1.165) is 17.8 Å². The summed E-state index contributed by atoms with van der Waals surface area (Å²) in [6.45, 7) is 0. The lowest BCUT2D eigenvalue weighted by atomic mass is 9.78. The number of pyridine rings is 1. The van der Waals surface area contributed by atoms with Crippen molar-refractivity contribution in [3.8, 4) is 0 Å². The number of fused-ring (bicyclic) bond motifs is 3. The molecule has 2 nitrogen and oxygen atoms in total. The topological polar surface area (TPSA) is 24.9 Å². The van der Waals surface area contributed by atoms with E-state index in [1.54, 1.807) is 0 Å². The molecule has 2 aliphatic rings. The third-order valence-corrected chi connectivity index (χ3v) is 5.24. The number of hydrogen-bond acceptors (Lipinski definition) is 2. The van der Waals surface area contributed by atoms with E-state index in [-0.39, 0.29) is 6.04 Å². The predicted molar refractivity (Wildman–Crippen MR) is 87.1 cm³/mol. The summed E-state index contributed by atoms with van der Waals surface area (Å²) in [6, 6.07) is 10.2. The first-order valence-corrected chi connectivity index (χ1v) is 7.83. The SMILES string of the molecule is Clc1ccc2c(c1Cl)N[C@@H](c1ccccn1)[C@@H]1CC=C[C@H]21. The number of anilines is 1. The number of nitrogens with one attached hydrogen (secondary N) is 1.